The van der Waals surface area contributed by atoms with Crippen molar-refractivity contribution in [3.63, 3.8) is 0 Å². The topological polar surface area (TPSA) is 75.7 Å². The molecule has 4 bridgehead atoms. The predicted octanol–water partition coefficient (Wildman–Crippen LogP) is 2.65. The quantitative estimate of drug-likeness (QED) is 0.708. The maximum Gasteiger partial charge on any atom is 0.326 e. The molecule has 1 N–H and O–H groups in total. The molecule has 0 aromatic rings. The number of nitrogens with one attached hydrogen (secondary N) is 1. The first-order valence-electron chi connectivity index (χ1n) is 11.2. The maximum absolute atomic E-state index is 12.4. The first-order valence-corrected chi connectivity index (χ1v) is 11.2. The number of nitrogens with zero attached hydrogens (tertiary/aromatic N) is 1. The lowest BCUT2D eigenvalue weighted by molar-refractivity contribution is -0.153. The lowest BCUT2D eigenvalue weighted by Crippen LogP contribution is -2.56. The molecule has 0 radical (unpaired) electrons. The van der Waals surface area contributed by atoms with Gasteiger partial charge >= 0.3 is 5.97 Å². The number of likely N-dealkylation sites (tertiary alicyclic amines) is 1. The van der Waals surface area contributed by atoms with E-state index in [-0.39, 0.29) is 36.4 Å². The number of hydrogen-bond donors (Lipinski definition) is 1. The fourth-order valence-corrected chi connectivity index (χ4v) is 6.70. The van der Waals surface area contributed by atoms with Gasteiger partial charge in [-0.15, -0.1) is 0 Å². The van der Waals surface area contributed by atoms with E-state index in [1.54, 1.807) is 4.90 Å². The van der Waals surface area contributed by atoms with Crippen molar-refractivity contribution in [2.75, 3.05) is 19.7 Å². The Labute approximate surface area is 167 Å². The van der Waals surface area contributed by atoms with Crippen molar-refractivity contribution >= 4 is 17.8 Å². The zero-order chi connectivity index (χ0) is 19.7. The zero-order valence-corrected chi connectivity index (χ0v) is 17.1. The van der Waals surface area contributed by atoms with Crippen LogP contribution in [0.2, 0.25) is 0 Å². The number of amides is 2. The van der Waals surface area contributed by atoms with E-state index in [1.807, 2.05) is 0 Å². The van der Waals surface area contributed by atoms with Crippen LogP contribution in [0.5, 0.6) is 0 Å². The number of rotatable bonds is 6. The average Bonchev–Trinajstić information content (AvgIpc) is 2.83. The molecule has 0 spiro atoms. The molecule has 4 aliphatic carbocycles. The molecular formula is C22H34N2O4. The molecule has 6 heteroatoms. The Hall–Kier alpha value is -1.59. The van der Waals surface area contributed by atoms with Gasteiger partial charge in [0.2, 0.25) is 5.91 Å². The highest BCUT2D eigenvalue weighted by Crippen LogP contribution is 2.61. The van der Waals surface area contributed by atoms with Crippen LogP contribution < -0.4 is 5.32 Å². The largest absolute Gasteiger partial charge is 0.454 e. The van der Waals surface area contributed by atoms with Gasteiger partial charge in [-0.05, 0) is 81.5 Å². The van der Waals surface area contributed by atoms with Crippen molar-refractivity contribution in [2.45, 2.75) is 77.2 Å². The van der Waals surface area contributed by atoms with Crippen molar-refractivity contribution in [2.24, 2.45) is 23.2 Å². The predicted molar refractivity (Wildman–Crippen MR) is 104 cm³/mol. The molecular weight excluding hydrogens is 356 g/mol. The third-order valence-electron chi connectivity index (χ3n) is 7.74. The molecule has 5 aliphatic rings. The Morgan fingerprint density at radius 1 is 1.11 bits per heavy atom. The van der Waals surface area contributed by atoms with Gasteiger partial charge in [-0.25, -0.2) is 0 Å². The van der Waals surface area contributed by atoms with Gasteiger partial charge in [-0.3, -0.25) is 14.4 Å². The maximum atomic E-state index is 12.4. The van der Waals surface area contributed by atoms with Crippen LogP contribution in [0.4, 0.5) is 0 Å². The molecule has 5 fully saturated rings. The molecule has 1 aliphatic heterocycles. The first kappa shape index (κ1) is 19.7. The van der Waals surface area contributed by atoms with Crippen LogP contribution >= 0.6 is 0 Å². The summed E-state index contributed by atoms with van der Waals surface area (Å²) in [6, 6.07) is 0.124. The van der Waals surface area contributed by atoms with E-state index < -0.39 is 5.97 Å². The van der Waals surface area contributed by atoms with Gasteiger partial charge < -0.3 is 15.0 Å². The summed E-state index contributed by atoms with van der Waals surface area (Å²) in [4.78, 5) is 38.0. The van der Waals surface area contributed by atoms with Crippen molar-refractivity contribution < 1.29 is 19.1 Å². The molecule has 156 valence electrons. The molecule has 0 aromatic heterocycles. The monoisotopic (exact) mass is 390 g/mol. The van der Waals surface area contributed by atoms with Crippen molar-refractivity contribution in [1.82, 2.24) is 10.2 Å². The van der Waals surface area contributed by atoms with Gasteiger partial charge in [0, 0.05) is 19.0 Å². The molecule has 0 unspecified atom stereocenters. The van der Waals surface area contributed by atoms with Crippen LogP contribution in [0.3, 0.4) is 0 Å². The van der Waals surface area contributed by atoms with E-state index in [4.69, 9.17) is 4.74 Å². The summed E-state index contributed by atoms with van der Waals surface area (Å²) >= 11 is 0. The summed E-state index contributed by atoms with van der Waals surface area (Å²) in [6.45, 7) is 2.43. The molecule has 28 heavy (non-hydrogen) atoms. The van der Waals surface area contributed by atoms with Gasteiger partial charge in [-0.1, -0.05) is 6.42 Å². The van der Waals surface area contributed by atoms with Gasteiger partial charge in [-0.2, -0.15) is 0 Å². The molecule has 0 aromatic carbocycles. The van der Waals surface area contributed by atoms with E-state index >= 15 is 0 Å². The first-order chi connectivity index (χ1) is 13.4. The number of carbonyl (C=O) groups is 3. The van der Waals surface area contributed by atoms with Crippen molar-refractivity contribution in [3.05, 3.63) is 0 Å². The Bertz CT molecular complexity index is 597. The number of esters is 1. The highest BCUT2D eigenvalue weighted by molar-refractivity contribution is 5.84. The molecule has 2 amide bonds. The number of ether oxygens (including phenoxy) is 1. The summed E-state index contributed by atoms with van der Waals surface area (Å²) in [5.74, 6) is 1.82. The van der Waals surface area contributed by atoms with Crippen LogP contribution in [-0.2, 0) is 19.1 Å². The average molecular weight is 391 g/mol. The zero-order valence-electron chi connectivity index (χ0n) is 17.1. The van der Waals surface area contributed by atoms with E-state index in [0.29, 0.717) is 13.0 Å². The fraction of sp³-hybridized carbons (Fsp3) is 0.864. The van der Waals surface area contributed by atoms with E-state index in [0.717, 1.165) is 37.0 Å². The standard InChI is InChI=1S/C22H34N2O4/c1-15(22-10-16-7-17(11-22)9-18(8-16)12-22)23-19(25)14-28-21(27)13-24-6-4-2-3-5-20(24)26/h15-18H,2-14H2,1H3,(H,23,25)/t15-,16?,17?,18?,22?/m1/s1. The van der Waals surface area contributed by atoms with E-state index in [9.17, 15) is 14.4 Å². The van der Waals surface area contributed by atoms with Crippen LogP contribution in [0.15, 0.2) is 0 Å². The highest BCUT2D eigenvalue weighted by Gasteiger charge is 2.53. The number of hydrogen-bond acceptors (Lipinski definition) is 4. The van der Waals surface area contributed by atoms with Crippen LogP contribution in [0, 0.1) is 23.2 Å². The van der Waals surface area contributed by atoms with E-state index in [2.05, 4.69) is 12.2 Å². The molecule has 1 atom stereocenters. The SMILES string of the molecule is C[C@@H](NC(=O)COC(=O)CN1CCCCCC1=O)C12CC3CC(CC(C3)C1)C2. The Balaban J connectivity index is 1.23. The van der Waals surface area contributed by atoms with Gasteiger partial charge in [0.05, 0.1) is 0 Å². The van der Waals surface area contributed by atoms with Gasteiger partial charge in [0.25, 0.3) is 5.91 Å². The molecule has 1 saturated heterocycles. The second-order valence-corrected chi connectivity index (χ2v) is 9.86. The van der Waals surface area contributed by atoms with Crippen LogP contribution in [0.25, 0.3) is 0 Å². The minimum atomic E-state index is -0.493. The second-order valence-electron chi connectivity index (χ2n) is 9.86. The summed E-state index contributed by atoms with van der Waals surface area (Å²) in [7, 11) is 0. The van der Waals surface area contributed by atoms with E-state index in [1.165, 1.54) is 38.5 Å². The number of carbonyl (C=O) groups excluding carboxylic acids is 3. The fourth-order valence-electron chi connectivity index (χ4n) is 6.70. The molecule has 6 nitrogen and oxygen atoms in total. The normalized spacial score (nSPS) is 35.4. The summed E-state index contributed by atoms with van der Waals surface area (Å²) in [6.07, 6.45) is 11.2. The summed E-state index contributed by atoms with van der Waals surface area (Å²) < 4.78 is 5.17. The van der Waals surface area contributed by atoms with Gasteiger partial charge in [0.15, 0.2) is 6.61 Å². The second kappa shape index (κ2) is 8.03. The van der Waals surface area contributed by atoms with Crippen LogP contribution in [0.1, 0.15) is 71.1 Å². The lowest BCUT2D eigenvalue weighted by Gasteiger charge is -2.59. The Morgan fingerprint density at radius 2 is 1.75 bits per heavy atom. The Kier molecular flexibility index (Phi) is 5.66. The van der Waals surface area contributed by atoms with Crippen LogP contribution in [-0.4, -0.2) is 48.4 Å². The van der Waals surface area contributed by atoms with Gasteiger partial charge in [0.1, 0.15) is 6.54 Å². The third kappa shape index (κ3) is 4.20. The highest BCUT2D eigenvalue weighted by atomic mass is 16.5. The van der Waals surface area contributed by atoms with Crippen molar-refractivity contribution in [1.29, 1.82) is 0 Å². The van der Waals surface area contributed by atoms with Crippen molar-refractivity contribution in [3.8, 4) is 0 Å². The molecule has 4 saturated carbocycles. The molecule has 5 rings (SSSR count). The molecule has 1 heterocycles. The lowest BCUT2D eigenvalue weighted by atomic mass is 9.48. The smallest absolute Gasteiger partial charge is 0.326 e. The summed E-state index contributed by atoms with van der Waals surface area (Å²) in [5, 5.41) is 3.12. The minimum Gasteiger partial charge on any atom is -0.454 e. The third-order valence-corrected chi connectivity index (χ3v) is 7.74. The minimum absolute atomic E-state index is 0.00865. The summed E-state index contributed by atoms with van der Waals surface area (Å²) in [5.41, 5.74) is 0.243. The Morgan fingerprint density at radius 3 is 2.39 bits per heavy atom.